The Labute approximate surface area is 198 Å². The number of carboxylic acids is 1. The average molecular weight is 513 g/mol. The molecule has 4 rings (SSSR count). The molecule has 174 valence electrons. The van der Waals surface area contributed by atoms with Gasteiger partial charge >= 0.3 is 5.97 Å². The minimum atomic E-state index is -1.31. The lowest BCUT2D eigenvalue weighted by Crippen LogP contribution is -2.73. The van der Waals surface area contributed by atoms with E-state index in [1.165, 1.54) is 23.1 Å². The fraction of sp³-hybridized carbons (Fsp3) is 0.375. The third-order valence-corrected chi connectivity index (χ3v) is 6.87. The van der Waals surface area contributed by atoms with E-state index in [4.69, 9.17) is 15.3 Å². The van der Waals surface area contributed by atoms with Crippen molar-refractivity contribution in [3.05, 3.63) is 22.8 Å². The van der Waals surface area contributed by atoms with E-state index in [0.29, 0.717) is 4.34 Å². The number of oxime groups is 1. The molecular formula is C16H16N8O6S3. The molecule has 14 nitrogen and oxygen atoms in total. The third kappa shape index (κ3) is 4.60. The maximum Gasteiger partial charge on any atom is 0.356 e. The number of amides is 2. The fourth-order valence-electron chi connectivity index (χ4n) is 3.08. The Morgan fingerprint density at radius 3 is 2.97 bits per heavy atom. The number of hydrogen-bond acceptors (Lipinski definition) is 14. The third-order valence-electron chi connectivity index (χ3n) is 4.46. The number of carbonyl (C=O) groups is 3. The lowest BCUT2D eigenvalue weighted by Gasteiger charge is -2.49. The monoisotopic (exact) mass is 512 g/mol. The summed E-state index contributed by atoms with van der Waals surface area (Å²) >= 11 is 3.42. The predicted octanol–water partition coefficient (Wildman–Crippen LogP) is -0.473. The minimum absolute atomic E-state index is 0.000680. The molecule has 2 aliphatic rings. The number of ether oxygens (including phenoxy) is 1. The molecule has 4 N–H and O–H groups in total. The number of carbonyl (C=O) groups excluding carboxylic acids is 2. The summed E-state index contributed by atoms with van der Waals surface area (Å²) in [6.07, 6.45) is 0. The first-order valence-electron chi connectivity index (χ1n) is 9.32. The first-order valence-corrected chi connectivity index (χ1v) is 12.0. The van der Waals surface area contributed by atoms with Crippen LogP contribution >= 0.6 is 34.6 Å². The van der Waals surface area contributed by atoms with Crippen LogP contribution in [0.1, 0.15) is 12.7 Å². The van der Waals surface area contributed by atoms with Gasteiger partial charge in [-0.25, -0.2) is 4.79 Å². The van der Waals surface area contributed by atoms with E-state index >= 15 is 0 Å². The summed E-state index contributed by atoms with van der Waals surface area (Å²) in [6.45, 7) is 1.86. The smallest absolute Gasteiger partial charge is 0.356 e. The second kappa shape index (κ2) is 9.67. The Morgan fingerprint density at radius 1 is 1.52 bits per heavy atom. The van der Waals surface area contributed by atoms with Gasteiger partial charge in [-0.2, -0.15) is 9.36 Å². The number of aliphatic carboxylic acids is 1. The highest BCUT2D eigenvalue weighted by atomic mass is 32.2. The van der Waals surface area contributed by atoms with E-state index in [1.807, 2.05) is 0 Å². The topological polar surface area (TPSA) is 195 Å². The van der Waals surface area contributed by atoms with Gasteiger partial charge in [0.2, 0.25) is 11.5 Å². The Balaban J connectivity index is 1.49. The van der Waals surface area contributed by atoms with E-state index < -0.39 is 29.9 Å². The maximum atomic E-state index is 12.8. The van der Waals surface area contributed by atoms with Crippen molar-refractivity contribution >= 4 is 63.3 Å². The van der Waals surface area contributed by atoms with Crippen molar-refractivity contribution in [3.63, 3.8) is 0 Å². The highest BCUT2D eigenvalue weighted by Crippen LogP contribution is 2.35. The molecule has 2 aromatic heterocycles. The number of nitrogens with two attached hydrogens (primary N) is 1. The molecule has 17 heteroatoms. The zero-order valence-corrected chi connectivity index (χ0v) is 19.3. The molecule has 0 aromatic carbocycles. The molecule has 0 radical (unpaired) electrons. The number of β-lactam (4-membered cyclic amide) rings is 1. The average Bonchev–Trinajstić information content (AvgIpc) is 3.47. The molecule has 1 saturated heterocycles. The second-order valence-corrected chi connectivity index (χ2v) is 9.26. The van der Waals surface area contributed by atoms with Gasteiger partial charge in [-0.15, -0.1) is 10.2 Å². The zero-order chi connectivity index (χ0) is 23.5. The number of anilines is 1. The quantitative estimate of drug-likeness (QED) is 0.169. The van der Waals surface area contributed by atoms with Crippen LogP contribution < -0.4 is 11.1 Å². The number of nitrogen functional groups attached to an aromatic ring is 1. The normalized spacial score (nSPS) is 20.1. The molecule has 2 amide bonds. The number of nitrogens with zero attached hydrogens (tertiary/aromatic N) is 6. The summed E-state index contributed by atoms with van der Waals surface area (Å²) in [5.41, 5.74) is 6.61. The number of aromatic nitrogens is 4. The molecule has 2 aliphatic heterocycles. The van der Waals surface area contributed by atoms with Crippen LogP contribution in [-0.2, 0) is 24.0 Å². The highest BCUT2D eigenvalue weighted by Gasteiger charge is 2.55. The molecule has 0 unspecified atom stereocenters. The lowest BCUT2D eigenvalue weighted by atomic mass is 9.92. The molecule has 33 heavy (non-hydrogen) atoms. The van der Waals surface area contributed by atoms with Crippen molar-refractivity contribution in [2.45, 2.75) is 23.3 Å². The highest BCUT2D eigenvalue weighted by molar-refractivity contribution is 8.01. The van der Waals surface area contributed by atoms with Crippen molar-refractivity contribution in [1.82, 2.24) is 29.8 Å². The van der Waals surface area contributed by atoms with Crippen LogP contribution in [0.3, 0.4) is 0 Å². The summed E-state index contributed by atoms with van der Waals surface area (Å²) < 4.78 is 10.2. The van der Waals surface area contributed by atoms with Crippen molar-refractivity contribution in [2.75, 3.05) is 24.7 Å². The van der Waals surface area contributed by atoms with Crippen molar-refractivity contribution < 1.29 is 29.1 Å². The summed E-state index contributed by atoms with van der Waals surface area (Å²) in [4.78, 5) is 47.5. The Hall–Kier alpha value is -3.31. The van der Waals surface area contributed by atoms with Crippen LogP contribution in [0.15, 0.2) is 26.5 Å². The van der Waals surface area contributed by atoms with E-state index in [9.17, 15) is 19.5 Å². The van der Waals surface area contributed by atoms with E-state index in [1.54, 1.807) is 12.4 Å². The molecule has 1 fully saturated rings. The molecular weight excluding hydrogens is 496 g/mol. The SMILES string of the molecule is CCO/N=C(\C(=O)N[C@@H]1C(=O)N2C(C(=O)O)=C(CSc3nncs3)OC[C@H]12)c1nsc(N)n1. The molecule has 0 bridgehead atoms. The number of hydrogen-bond donors (Lipinski definition) is 3. The van der Waals surface area contributed by atoms with Crippen molar-refractivity contribution in [1.29, 1.82) is 0 Å². The van der Waals surface area contributed by atoms with E-state index in [2.05, 4.69) is 30.0 Å². The van der Waals surface area contributed by atoms with Gasteiger partial charge in [-0.05, 0) is 6.92 Å². The number of rotatable bonds is 9. The largest absolute Gasteiger partial charge is 0.492 e. The van der Waals surface area contributed by atoms with Crippen LogP contribution in [0.25, 0.3) is 0 Å². The number of fused-ring (bicyclic) bond motifs is 1. The van der Waals surface area contributed by atoms with Crippen LogP contribution in [0, 0.1) is 0 Å². The van der Waals surface area contributed by atoms with Gasteiger partial charge in [0.25, 0.3) is 11.8 Å². The second-order valence-electron chi connectivity index (χ2n) is 6.42. The van der Waals surface area contributed by atoms with Gasteiger partial charge in [-0.3, -0.25) is 14.5 Å². The fourth-order valence-corrected chi connectivity index (χ4v) is 4.95. The van der Waals surface area contributed by atoms with Crippen molar-refractivity contribution in [2.24, 2.45) is 5.16 Å². The summed E-state index contributed by atoms with van der Waals surface area (Å²) in [6, 6.07) is -1.73. The molecule has 0 spiro atoms. The standard InChI is InChI=1S/C16H16N8O6S3/c1-2-30-22-9(11-20-15(17)33-23-11)12(25)19-8-6-3-29-7(4-31-16-21-18-5-32-16)10(14(27)28)24(6)13(8)26/h5-6,8H,2-4H2,1H3,(H,19,25)(H,27,28)(H2,17,20,23)/b22-9-/t6-,8+/m1/s1. The predicted molar refractivity (Wildman–Crippen MR) is 116 cm³/mol. The molecule has 0 aliphatic carbocycles. The zero-order valence-electron chi connectivity index (χ0n) is 16.8. The van der Waals surface area contributed by atoms with Crippen LogP contribution in [0.4, 0.5) is 5.13 Å². The van der Waals surface area contributed by atoms with Gasteiger partial charge in [0, 0.05) is 11.5 Å². The Morgan fingerprint density at radius 2 is 2.33 bits per heavy atom. The minimum Gasteiger partial charge on any atom is -0.492 e. The first kappa shape index (κ1) is 22.9. The Bertz CT molecular complexity index is 1130. The Kier molecular flexibility index (Phi) is 6.70. The van der Waals surface area contributed by atoms with E-state index in [-0.39, 0.29) is 47.1 Å². The number of carboxylic acid groups (broad SMARTS) is 1. The lowest BCUT2D eigenvalue weighted by molar-refractivity contribution is -0.160. The van der Waals surface area contributed by atoms with Crippen LogP contribution in [0.2, 0.25) is 0 Å². The molecule has 2 atom stereocenters. The summed E-state index contributed by atoms with van der Waals surface area (Å²) in [5.74, 6) is -2.42. The summed E-state index contributed by atoms with van der Waals surface area (Å²) in [7, 11) is 0. The van der Waals surface area contributed by atoms with Crippen molar-refractivity contribution in [3.8, 4) is 0 Å². The van der Waals surface area contributed by atoms with Gasteiger partial charge in [0.05, 0.1) is 5.75 Å². The van der Waals surface area contributed by atoms with Gasteiger partial charge in [0.1, 0.15) is 36.6 Å². The number of nitrogens with one attached hydrogen (secondary N) is 1. The first-order chi connectivity index (χ1) is 15.9. The van der Waals surface area contributed by atoms with Crippen LogP contribution in [0.5, 0.6) is 0 Å². The van der Waals surface area contributed by atoms with Gasteiger partial charge in [0.15, 0.2) is 15.2 Å². The van der Waals surface area contributed by atoms with Crippen LogP contribution in [-0.4, -0.2) is 84.1 Å². The molecule has 0 saturated carbocycles. The molecule has 2 aromatic rings. The van der Waals surface area contributed by atoms with E-state index in [0.717, 1.165) is 16.4 Å². The van der Waals surface area contributed by atoms with Gasteiger partial charge in [-0.1, -0.05) is 28.3 Å². The maximum absolute atomic E-state index is 12.8. The van der Waals surface area contributed by atoms with Gasteiger partial charge < -0.3 is 25.7 Å². The molecule has 4 heterocycles. The summed E-state index contributed by atoms with van der Waals surface area (Å²) in [5, 5.41) is 23.7. The number of thioether (sulfide) groups is 1.